The molecule has 4 rings (SSSR count). The van der Waals surface area contributed by atoms with E-state index in [0.717, 1.165) is 31.0 Å². The van der Waals surface area contributed by atoms with E-state index in [1.807, 2.05) is 0 Å². The number of alkyl halides is 2. The van der Waals surface area contributed by atoms with Gasteiger partial charge in [-0.2, -0.15) is 8.78 Å². The summed E-state index contributed by atoms with van der Waals surface area (Å²) in [7, 11) is 0. The van der Waals surface area contributed by atoms with Crippen molar-refractivity contribution in [1.82, 2.24) is 0 Å². The number of halogens is 5. The monoisotopic (exact) mass is 412 g/mol. The maximum absolute atomic E-state index is 14.5. The third-order valence-electron chi connectivity index (χ3n) is 5.94. The molecule has 29 heavy (non-hydrogen) atoms. The van der Waals surface area contributed by atoms with E-state index >= 15 is 0 Å². The van der Waals surface area contributed by atoms with E-state index in [-0.39, 0.29) is 6.10 Å². The van der Waals surface area contributed by atoms with Crippen LogP contribution in [0.4, 0.5) is 22.0 Å². The minimum absolute atomic E-state index is 0.324. The Bertz CT molecular complexity index is 874. The highest BCUT2D eigenvalue weighted by molar-refractivity contribution is 5.30. The highest BCUT2D eigenvalue weighted by Crippen LogP contribution is 2.42. The van der Waals surface area contributed by atoms with Gasteiger partial charge >= 0.3 is 6.11 Å². The normalized spacial score (nSPS) is 22.9. The van der Waals surface area contributed by atoms with Crippen LogP contribution in [0.1, 0.15) is 49.3 Å². The van der Waals surface area contributed by atoms with Gasteiger partial charge in [0, 0.05) is 6.07 Å². The molecule has 2 nitrogen and oxygen atoms in total. The summed E-state index contributed by atoms with van der Waals surface area (Å²) in [6, 6.07) is 5.39. The Morgan fingerprint density at radius 3 is 2.21 bits per heavy atom. The van der Waals surface area contributed by atoms with Crippen molar-refractivity contribution in [2.24, 2.45) is 11.8 Å². The van der Waals surface area contributed by atoms with Gasteiger partial charge in [-0.1, -0.05) is 25.3 Å². The quantitative estimate of drug-likeness (QED) is 0.522. The molecule has 1 saturated heterocycles. The molecule has 156 valence electrons. The van der Waals surface area contributed by atoms with Crippen LogP contribution >= 0.6 is 0 Å². The first-order chi connectivity index (χ1) is 13.8. The summed E-state index contributed by atoms with van der Waals surface area (Å²) in [6.07, 6.45) is 1.06. The van der Waals surface area contributed by atoms with Gasteiger partial charge in [-0.05, 0) is 54.5 Å². The van der Waals surface area contributed by atoms with Crippen molar-refractivity contribution in [3.63, 3.8) is 0 Å². The molecule has 0 spiro atoms. The first-order valence-corrected chi connectivity index (χ1v) is 9.77. The summed E-state index contributed by atoms with van der Waals surface area (Å²) in [5, 5.41) is 0. The summed E-state index contributed by atoms with van der Waals surface area (Å²) in [5.41, 5.74) is -0.476. The second-order valence-electron chi connectivity index (χ2n) is 7.78. The van der Waals surface area contributed by atoms with Crippen LogP contribution in [-0.2, 0) is 10.8 Å². The van der Waals surface area contributed by atoms with E-state index in [9.17, 15) is 22.0 Å². The molecule has 1 saturated carbocycles. The summed E-state index contributed by atoms with van der Waals surface area (Å²) >= 11 is 0. The Labute approximate surface area is 165 Å². The third-order valence-corrected chi connectivity index (χ3v) is 5.94. The van der Waals surface area contributed by atoms with Crippen molar-refractivity contribution in [3.05, 3.63) is 65.0 Å². The van der Waals surface area contributed by atoms with Crippen molar-refractivity contribution >= 4 is 0 Å². The highest BCUT2D eigenvalue weighted by atomic mass is 19.3. The van der Waals surface area contributed by atoms with Gasteiger partial charge in [-0.3, -0.25) is 0 Å². The topological polar surface area (TPSA) is 18.5 Å². The van der Waals surface area contributed by atoms with Crippen molar-refractivity contribution in [2.75, 3.05) is 6.61 Å². The molecule has 0 bridgehead atoms. The lowest BCUT2D eigenvalue weighted by Crippen LogP contribution is -2.30. The Morgan fingerprint density at radius 2 is 1.62 bits per heavy atom. The fraction of sp³-hybridized carbons (Fsp3) is 0.455. The van der Waals surface area contributed by atoms with Gasteiger partial charge < -0.3 is 9.47 Å². The molecule has 2 aromatic carbocycles. The average Bonchev–Trinajstić information content (AvgIpc) is 2.63. The van der Waals surface area contributed by atoms with Crippen LogP contribution in [0.15, 0.2) is 36.4 Å². The molecule has 2 aromatic rings. The summed E-state index contributed by atoms with van der Waals surface area (Å²) < 4.78 is 79.7. The summed E-state index contributed by atoms with van der Waals surface area (Å²) in [5.74, 6) is -3.03. The second kappa shape index (κ2) is 7.94. The van der Waals surface area contributed by atoms with E-state index in [1.165, 1.54) is 25.3 Å². The molecule has 2 fully saturated rings. The van der Waals surface area contributed by atoms with Gasteiger partial charge in [0.15, 0.2) is 11.6 Å². The maximum atomic E-state index is 14.5. The molecule has 0 aromatic heterocycles. The highest BCUT2D eigenvalue weighted by Gasteiger charge is 2.39. The number of hydrogen-bond acceptors (Lipinski definition) is 2. The SMILES string of the molecule is Fc1ccc(OC(F)(F)c2ccc(C3CCC(C4CCC4)CO3)cc2F)cc1F. The zero-order valence-corrected chi connectivity index (χ0v) is 15.6. The first-order valence-electron chi connectivity index (χ1n) is 9.77. The predicted octanol–water partition coefficient (Wildman–Crippen LogP) is 6.50. The number of rotatable bonds is 5. The molecule has 0 amide bonds. The Morgan fingerprint density at radius 1 is 0.828 bits per heavy atom. The first kappa shape index (κ1) is 20.1. The minimum Gasteiger partial charge on any atom is -0.429 e. The lowest BCUT2D eigenvalue weighted by molar-refractivity contribution is -0.187. The Hall–Kier alpha value is -2.15. The molecule has 2 unspecified atom stereocenters. The van der Waals surface area contributed by atoms with E-state index < -0.39 is 34.9 Å². The molecular weight excluding hydrogens is 391 g/mol. The molecule has 0 N–H and O–H groups in total. The van der Waals surface area contributed by atoms with Gasteiger partial charge in [0.05, 0.1) is 18.3 Å². The largest absolute Gasteiger partial charge is 0.429 e. The van der Waals surface area contributed by atoms with E-state index in [1.54, 1.807) is 0 Å². The van der Waals surface area contributed by atoms with Crippen LogP contribution in [0.2, 0.25) is 0 Å². The maximum Gasteiger partial charge on any atom is 0.429 e. The van der Waals surface area contributed by atoms with Crippen molar-refractivity contribution in [2.45, 2.75) is 44.3 Å². The van der Waals surface area contributed by atoms with Crippen LogP contribution in [0.3, 0.4) is 0 Å². The number of benzene rings is 2. The molecule has 1 aliphatic carbocycles. The van der Waals surface area contributed by atoms with Crippen LogP contribution < -0.4 is 4.74 Å². The zero-order chi connectivity index (χ0) is 20.6. The van der Waals surface area contributed by atoms with Crippen LogP contribution in [-0.4, -0.2) is 6.61 Å². The van der Waals surface area contributed by atoms with Gasteiger partial charge in [0.25, 0.3) is 0 Å². The van der Waals surface area contributed by atoms with Gasteiger partial charge in [-0.15, -0.1) is 0 Å². The average molecular weight is 412 g/mol. The fourth-order valence-corrected chi connectivity index (χ4v) is 4.03. The molecular formula is C22H21F5O2. The lowest BCUT2D eigenvalue weighted by atomic mass is 9.73. The molecule has 1 aliphatic heterocycles. The molecule has 2 atom stereocenters. The van der Waals surface area contributed by atoms with Crippen LogP contribution in [0.25, 0.3) is 0 Å². The van der Waals surface area contributed by atoms with E-state index in [2.05, 4.69) is 4.74 Å². The van der Waals surface area contributed by atoms with Gasteiger partial charge in [0.1, 0.15) is 11.6 Å². The molecule has 7 heteroatoms. The Kier molecular flexibility index (Phi) is 5.51. The van der Waals surface area contributed by atoms with E-state index in [0.29, 0.717) is 36.1 Å². The minimum atomic E-state index is -4.05. The fourth-order valence-electron chi connectivity index (χ4n) is 4.03. The van der Waals surface area contributed by atoms with Gasteiger partial charge in [0.2, 0.25) is 0 Å². The third kappa shape index (κ3) is 4.25. The van der Waals surface area contributed by atoms with Crippen molar-refractivity contribution in [3.8, 4) is 5.75 Å². The van der Waals surface area contributed by atoms with Crippen molar-refractivity contribution < 1.29 is 31.4 Å². The van der Waals surface area contributed by atoms with Crippen molar-refractivity contribution in [1.29, 1.82) is 0 Å². The molecule has 0 radical (unpaired) electrons. The predicted molar refractivity (Wildman–Crippen MR) is 96.0 cm³/mol. The Balaban J connectivity index is 1.45. The molecule has 1 heterocycles. The standard InChI is InChI=1S/C22H21F5O2/c23-18-8-6-16(11-20(18)25)29-22(26,27)17-7-4-14(10-19(17)24)21-9-5-15(12-28-21)13-2-1-3-13/h4,6-8,10-11,13,15,21H,1-3,5,9,12H2. The zero-order valence-electron chi connectivity index (χ0n) is 15.6. The summed E-state index contributed by atoms with van der Waals surface area (Å²) in [6.45, 7) is 0.605. The number of ether oxygens (including phenoxy) is 2. The summed E-state index contributed by atoms with van der Waals surface area (Å²) in [4.78, 5) is 0. The molecule has 2 aliphatic rings. The van der Waals surface area contributed by atoms with E-state index in [4.69, 9.17) is 4.74 Å². The second-order valence-corrected chi connectivity index (χ2v) is 7.78. The van der Waals surface area contributed by atoms with Gasteiger partial charge in [-0.25, -0.2) is 13.2 Å². The van der Waals surface area contributed by atoms with Crippen LogP contribution in [0.5, 0.6) is 5.75 Å². The smallest absolute Gasteiger partial charge is 0.429 e. The number of hydrogen-bond donors (Lipinski definition) is 0. The lowest BCUT2D eigenvalue weighted by Gasteiger charge is -2.38. The van der Waals surface area contributed by atoms with Crippen LogP contribution in [0, 0.1) is 29.3 Å².